The molecule has 6 N–H and O–H groups in total. The quantitative estimate of drug-likeness (QED) is 0.125. The topological polar surface area (TPSA) is 216 Å². The van der Waals surface area contributed by atoms with Crippen LogP contribution in [-0.2, 0) is 25.7 Å². The van der Waals surface area contributed by atoms with Crippen molar-refractivity contribution in [1.82, 2.24) is 45.5 Å². The number of carboxylic acids is 1. The van der Waals surface area contributed by atoms with Gasteiger partial charge in [0.1, 0.15) is 18.6 Å². The zero-order valence-electron chi connectivity index (χ0n) is 24.0. The number of aliphatic carboxylic acids is 1. The van der Waals surface area contributed by atoms with Gasteiger partial charge in [-0.05, 0) is 42.5 Å². The number of likely N-dealkylation sites (tertiary alicyclic amines) is 2. The van der Waals surface area contributed by atoms with Gasteiger partial charge in [0, 0.05) is 54.3 Å². The number of carbonyl (C=O) groups is 4. The second-order valence-electron chi connectivity index (χ2n) is 12.1. The van der Waals surface area contributed by atoms with Crippen LogP contribution in [0, 0.1) is 23.2 Å². The number of thioether (sulfide) groups is 1. The Morgan fingerprint density at radius 2 is 2.09 bits per heavy atom. The first-order valence-electron chi connectivity index (χ1n) is 14.6. The molecule has 6 rings (SSSR count). The smallest absolute Gasteiger partial charge is 0.353 e. The van der Waals surface area contributed by atoms with Crippen LogP contribution in [-0.4, -0.2) is 125 Å². The molecule has 3 amide bonds. The van der Waals surface area contributed by atoms with Gasteiger partial charge in [-0.2, -0.15) is 0 Å². The first-order chi connectivity index (χ1) is 20.5. The molecular weight excluding hydrogens is 578 g/mol. The maximum Gasteiger partial charge on any atom is 0.353 e. The van der Waals surface area contributed by atoms with E-state index >= 15 is 0 Å². The van der Waals surface area contributed by atoms with Gasteiger partial charge in [0.05, 0.1) is 18.0 Å². The van der Waals surface area contributed by atoms with E-state index < -0.39 is 17.9 Å². The molecule has 0 aromatic carbocycles. The Balaban J connectivity index is 1.08. The van der Waals surface area contributed by atoms with Crippen LogP contribution in [0.15, 0.2) is 16.9 Å². The van der Waals surface area contributed by atoms with E-state index in [0.29, 0.717) is 43.4 Å². The molecule has 0 spiro atoms. The minimum Gasteiger partial charge on any atom is -0.477 e. The van der Waals surface area contributed by atoms with Crippen molar-refractivity contribution < 1.29 is 24.3 Å². The van der Waals surface area contributed by atoms with Crippen molar-refractivity contribution in [3.63, 3.8) is 0 Å². The molecule has 4 saturated heterocycles. The number of β-lactam (4-membered cyclic amide) rings is 1. The van der Waals surface area contributed by atoms with Crippen molar-refractivity contribution in [2.75, 3.05) is 26.2 Å². The highest BCUT2D eigenvalue weighted by Crippen LogP contribution is 2.52. The Bertz CT molecular complexity index is 1350. The van der Waals surface area contributed by atoms with Gasteiger partial charge in [0.15, 0.2) is 5.96 Å². The molecule has 232 valence electrons. The predicted octanol–water partition coefficient (Wildman–Crippen LogP) is -1.77. The number of hydrogen-bond donors (Lipinski definition) is 5. The summed E-state index contributed by atoms with van der Waals surface area (Å²) >= 11 is 1.44. The molecule has 0 saturated carbocycles. The SMILES string of the molecule is C[C@@H](NC(=O)Cn1cnnn1)[C@H]1C(=O)N2C(C(=O)O)=C(S[C@@H]3CN[C@H](C(=O)N4CCC5CN(C(=N)N)CCC54)C3)[C@H](C)[C@H]12. The number of nitrogens with one attached hydrogen (secondary N) is 3. The summed E-state index contributed by atoms with van der Waals surface area (Å²) in [5, 5.41) is 34.7. The lowest BCUT2D eigenvalue weighted by Gasteiger charge is -2.47. The fourth-order valence-corrected chi connectivity index (χ4v) is 9.00. The number of aromatic nitrogens is 4. The molecule has 8 atom stereocenters. The highest BCUT2D eigenvalue weighted by atomic mass is 32.2. The van der Waals surface area contributed by atoms with Crippen molar-refractivity contribution in [2.24, 2.45) is 23.5 Å². The van der Waals surface area contributed by atoms with Crippen LogP contribution in [0.25, 0.3) is 0 Å². The van der Waals surface area contributed by atoms with E-state index in [1.165, 1.54) is 27.7 Å². The normalized spacial score (nSPS) is 32.4. The average Bonchev–Trinajstić information content (AvgIpc) is 3.75. The number of guanidine groups is 1. The summed E-state index contributed by atoms with van der Waals surface area (Å²) in [7, 11) is 0. The third-order valence-electron chi connectivity index (χ3n) is 9.56. The van der Waals surface area contributed by atoms with Crippen LogP contribution in [0.1, 0.15) is 33.1 Å². The Morgan fingerprint density at radius 1 is 1.30 bits per heavy atom. The van der Waals surface area contributed by atoms with Gasteiger partial charge >= 0.3 is 5.97 Å². The Labute approximate surface area is 252 Å². The van der Waals surface area contributed by atoms with Crippen LogP contribution < -0.4 is 16.4 Å². The van der Waals surface area contributed by atoms with Gasteiger partial charge in [-0.3, -0.25) is 19.8 Å². The van der Waals surface area contributed by atoms with Crippen molar-refractivity contribution in [3.05, 3.63) is 16.9 Å². The molecule has 5 aliphatic heterocycles. The van der Waals surface area contributed by atoms with Gasteiger partial charge in [-0.1, -0.05) is 6.92 Å². The molecule has 0 bridgehead atoms. The van der Waals surface area contributed by atoms with E-state index in [0.717, 1.165) is 12.8 Å². The summed E-state index contributed by atoms with van der Waals surface area (Å²) in [5.41, 5.74) is 5.69. The molecule has 5 aliphatic rings. The molecule has 0 radical (unpaired) electrons. The minimum absolute atomic E-state index is 0.00496. The van der Waals surface area contributed by atoms with E-state index in [2.05, 4.69) is 26.2 Å². The van der Waals surface area contributed by atoms with Crippen LogP contribution >= 0.6 is 11.8 Å². The third kappa shape index (κ3) is 5.21. The summed E-state index contributed by atoms with van der Waals surface area (Å²) in [6.45, 7) is 6.19. The summed E-state index contributed by atoms with van der Waals surface area (Å²) < 4.78 is 1.28. The fraction of sp³-hybridized carbons (Fsp3) is 0.692. The zero-order valence-corrected chi connectivity index (χ0v) is 24.9. The number of nitrogens with two attached hydrogens (primary N) is 1. The summed E-state index contributed by atoms with van der Waals surface area (Å²) in [4.78, 5) is 57.5. The number of fused-ring (bicyclic) bond motifs is 2. The molecule has 4 fully saturated rings. The van der Waals surface area contributed by atoms with Crippen molar-refractivity contribution in [3.8, 4) is 0 Å². The molecule has 2 unspecified atom stereocenters. The first kappa shape index (κ1) is 29.3. The van der Waals surface area contributed by atoms with Gasteiger partial charge in [-0.25, -0.2) is 9.48 Å². The number of hydrogen-bond acceptors (Lipinski definition) is 10. The third-order valence-corrected chi connectivity index (χ3v) is 11.1. The van der Waals surface area contributed by atoms with E-state index in [4.69, 9.17) is 11.1 Å². The van der Waals surface area contributed by atoms with Gasteiger partial charge in [0.2, 0.25) is 17.7 Å². The largest absolute Gasteiger partial charge is 0.477 e. The number of carboxylic acid groups (broad SMARTS) is 1. The summed E-state index contributed by atoms with van der Waals surface area (Å²) in [6.07, 6.45) is 3.56. The molecular formula is C26H37N11O5S. The number of carbonyl (C=O) groups excluding carboxylic acids is 3. The highest BCUT2D eigenvalue weighted by molar-refractivity contribution is 8.03. The first-order valence-corrected chi connectivity index (χ1v) is 15.5. The zero-order chi connectivity index (χ0) is 30.6. The van der Waals surface area contributed by atoms with E-state index in [-0.39, 0.29) is 65.2 Å². The Morgan fingerprint density at radius 3 is 2.79 bits per heavy atom. The lowest BCUT2D eigenvalue weighted by molar-refractivity contribution is -0.158. The number of amides is 3. The Kier molecular flexibility index (Phi) is 7.78. The van der Waals surface area contributed by atoms with E-state index in [9.17, 15) is 24.3 Å². The molecule has 17 heteroatoms. The lowest BCUT2D eigenvalue weighted by atomic mass is 9.78. The molecule has 1 aromatic rings. The summed E-state index contributed by atoms with van der Waals surface area (Å²) in [5.74, 6) is -2.17. The Hall–Kier alpha value is -3.73. The number of rotatable bonds is 8. The second kappa shape index (κ2) is 11.4. The number of tetrazole rings is 1. The van der Waals surface area contributed by atoms with E-state index in [1.807, 2.05) is 16.7 Å². The second-order valence-corrected chi connectivity index (χ2v) is 13.4. The molecule has 1 aromatic heterocycles. The maximum atomic E-state index is 13.6. The molecule has 43 heavy (non-hydrogen) atoms. The fourth-order valence-electron chi connectivity index (χ4n) is 7.52. The predicted molar refractivity (Wildman–Crippen MR) is 153 cm³/mol. The molecule has 6 heterocycles. The lowest BCUT2D eigenvalue weighted by Crippen LogP contribution is -2.66. The van der Waals surface area contributed by atoms with Crippen molar-refractivity contribution in [2.45, 2.75) is 69.1 Å². The van der Waals surface area contributed by atoms with E-state index in [1.54, 1.807) is 6.92 Å². The minimum atomic E-state index is -1.15. The highest BCUT2D eigenvalue weighted by Gasteiger charge is 2.60. The average molecular weight is 616 g/mol. The van der Waals surface area contributed by atoms with Crippen LogP contribution in [0.4, 0.5) is 0 Å². The summed E-state index contributed by atoms with van der Waals surface area (Å²) in [6, 6.07) is -1.09. The van der Waals surface area contributed by atoms with Crippen LogP contribution in [0.2, 0.25) is 0 Å². The van der Waals surface area contributed by atoms with Gasteiger partial charge in [-0.15, -0.1) is 16.9 Å². The van der Waals surface area contributed by atoms with Crippen molar-refractivity contribution in [1.29, 1.82) is 5.41 Å². The maximum absolute atomic E-state index is 13.6. The van der Waals surface area contributed by atoms with Crippen molar-refractivity contribution >= 4 is 41.4 Å². The van der Waals surface area contributed by atoms with Gasteiger partial charge in [0.25, 0.3) is 0 Å². The number of piperidine rings is 1. The van der Waals surface area contributed by atoms with Gasteiger partial charge < -0.3 is 36.2 Å². The van der Waals surface area contributed by atoms with Crippen LogP contribution in [0.5, 0.6) is 0 Å². The van der Waals surface area contributed by atoms with Crippen LogP contribution in [0.3, 0.4) is 0 Å². The number of nitrogens with zero attached hydrogens (tertiary/aromatic N) is 7. The molecule has 16 nitrogen and oxygen atoms in total. The standard InChI is InChI=1S/C26H37N11O5S/c1-12-20-19(13(2)31-18(38)10-35-11-30-32-33-35)24(40)37(20)21(25(41)42)22(12)43-15-7-16(29-8-15)23(39)36-6-3-14-9-34(26(27)28)5-4-17(14)36/h11-17,19-20,29H,3-10H2,1-2H3,(H3,27,28)(H,31,38)(H,41,42)/t12-,13-,14?,15+,16+,17?,19-,20-/m1/s1. The molecule has 0 aliphatic carbocycles. The monoisotopic (exact) mass is 615 g/mol.